The predicted octanol–water partition coefficient (Wildman–Crippen LogP) is 1.04. The van der Waals surface area contributed by atoms with Crippen molar-refractivity contribution in [2.45, 2.75) is 25.6 Å². The number of nitrogens with two attached hydrogens (primary N) is 1. The summed E-state index contributed by atoms with van der Waals surface area (Å²) >= 11 is 0. The molecule has 1 atom stereocenters. The molecule has 0 bridgehead atoms. The van der Waals surface area contributed by atoms with Crippen LogP contribution < -0.4 is 5.73 Å². The van der Waals surface area contributed by atoms with Gasteiger partial charge in [-0.3, -0.25) is 9.59 Å². The van der Waals surface area contributed by atoms with Crippen LogP contribution >= 0.6 is 0 Å². The fraction of sp³-hybridized carbons (Fsp3) is 0.467. The van der Waals surface area contributed by atoms with Gasteiger partial charge in [0.15, 0.2) is 11.7 Å². The number of hydrogen-bond acceptors (Lipinski definition) is 5. The van der Waals surface area contributed by atoms with Crippen LogP contribution in [0.4, 0.5) is 0 Å². The van der Waals surface area contributed by atoms with Crippen molar-refractivity contribution in [1.82, 2.24) is 0 Å². The zero-order chi connectivity index (χ0) is 15.5. The first kappa shape index (κ1) is 15.5. The Bertz CT molecular complexity index is 539. The first-order valence-corrected chi connectivity index (χ1v) is 6.81. The second kappa shape index (κ2) is 6.24. The van der Waals surface area contributed by atoms with Crippen molar-refractivity contribution >= 4 is 11.9 Å². The lowest BCUT2D eigenvalue weighted by atomic mass is 9.79. The predicted molar refractivity (Wildman–Crippen MR) is 74.3 cm³/mol. The average Bonchev–Trinajstić information content (AvgIpc) is 3.00. The highest BCUT2D eigenvalue weighted by Gasteiger charge is 2.45. The number of carbonyl (C=O) groups excluding carboxylic acids is 2. The molecule has 21 heavy (non-hydrogen) atoms. The van der Waals surface area contributed by atoms with Crippen LogP contribution in [0.5, 0.6) is 0 Å². The van der Waals surface area contributed by atoms with Gasteiger partial charge in [0.2, 0.25) is 5.91 Å². The summed E-state index contributed by atoms with van der Waals surface area (Å²) in [5.74, 6) is -1.45. The molecule has 1 saturated heterocycles. The molecule has 6 heteroatoms. The van der Waals surface area contributed by atoms with E-state index in [0.717, 1.165) is 0 Å². The highest BCUT2D eigenvalue weighted by atomic mass is 16.7. The van der Waals surface area contributed by atoms with Crippen molar-refractivity contribution in [3.8, 4) is 0 Å². The molecule has 1 fully saturated rings. The Morgan fingerprint density at radius 3 is 2.52 bits per heavy atom. The summed E-state index contributed by atoms with van der Waals surface area (Å²) in [6, 6.07) is 6.94. The molecule has 1 aromatic carbocycles. The fourth-order valence-corrected chi connectivity index (χ4v) is 2.31. The average molecular weight is 293 g/mol. The van der Waals surface area contributed by atoms with Gasteiger partial charge in [0, 0.05) is 5.56 Å². The van der Waals surface area contributed by atoms with Crippen molar-refractivity contribution < 1.29 is 23.8 Å². The third kappa shape index (κ3) is 2.77. The normalized spacial score (nSPS) is 18.2. The van der Waals surface area contributed by atoms with Gasteiger partial charge >= 0.3 is 5.97 Å². The van der Waals surface area contributed by atoms with Crippen LogP contribution in [0.2, 0.25) is 0 Å². The summed E-state index contributed by atoms with van der Waals surface area (Å²) in [5.41, 5.74) is 4.96. The molecule has 1 aromatic rings. The molecular weight excluding hydrogens is 274 g/mol. The minimum absolute atomic E-state index is 0.167. The minimum Gasteiger partial charge on any atom is -0.465 e. The molecule has 0 radical (unpaired) electrons. The summed E-state index contributed by atoms with van der Waals surface area (Å²) < 4.78 is 16.0. The van der Waals surface area contributed by atoms with Gasteiger partial charge in [0.1, 0.15) is 0 Å². The fourth-order valence-electron chi connectivity index (χ4n) is 2.31. The lowest BCUT2D eigenvalue weighted by Gasteiger charge is -2.27. The smallest absolute Gasteiger partial charge is 0.325 e. The van der Waals surface area contributed by atoms with Crippen molar-refractivity contribution in [2.24, 2.45) is 5.73 Å². The summed E-state index contributed by atoms with van der Waals surface area (Å²) in [4.78, 5) is 24.2. The molecule has 1 aliphatic rings. The molecule has 1 amide bonds. The van der Waals surface area contributed by atoms with Gasteiger partial charge in [0.05, 0.1) is 19.8 Å². The van der Waals surface area contributed by atoms with Crippen molar-refractivity contribution in [3.05, 3.63) is 35.4 Å². The van der Waals surface area contributed by atoms with Crippen LogP contribution in [-0.4, -0.2) is 31.7 Å². The third-order valence-electron chi connectivity index (χ3n) is 3.55. The molecule has 0 spiro atoms. The number of esters is 1. The molecule has 0 aromatic heterocycles. The van der Waals surface area contributed by atoms with Gasteiger partial charge in [-0.1, -0.05) is 24.3 Å². The number of benzene rings is 1. The second-order valence-corrected chi connectivity index (χ2v) is 4.87. The summed E-state index contributed by atoms with van der Waals surface area (Å²) in [7, 11) is 0. The highest BCUT2D eigenvalue weighted by Crippen LogP contribution is 2.34. The maximum atomic E-state index is 12.3. The molecule has 1 unspecified atom stereocenters. The topological polar surface area (TPSA) is 87.9 Å². The van der Waals surface area contributed by atoms with E-state index in [-0.39, 0.29) is 6.61 Å². The Morgan fingerprint density at radius 1 is 1.33 bits per heavy atom. The molecular formula is C15H19NO5. The van der Waals surface area contributed by atoms with Crippen LogP contribution in [0, 0.1) is 0 Å². The van der Waals surface area contributed by atoms with Gasteiger partial charge in [-0.05, 0) is 19.4 Å². The van der Waals surface area contributed by atoms with Crippen molar-refractivity contribution in [2.75, 3.05) is 19.8 Å². The first-order valence-electron chi connectivity index (χ1n) is 6.81. The number of primary amides is 1. The summed E-state index contributed by atoms with van der Waals surface area (Å²) in [6.07, 6.45) is -0.602. The van der Waals surface area contributed by atoms with Crippen LogP contribution in [0.1, 0.15) is 31.3 Å². The lowest BCUT2D eigenvalue weighted by Crippen LogP contribution is -2.47. The zero-order valence-electron chi connectivity index (χ0n) is 12.1. The molecule has 1 heterocycles. The van der Waals surface area contributed by atoms with Gasteiger partial charge in [-0.25, -0.2) is 0 Å². The second-order valence-electron chi connectivity index (χ2n) is 4.87. The van der Waals surface area contributed by atoms with Crippen LogP contribution in [0.15, 0.2) is 24.3 Å². The molecule has 1 aliphatic heterocycles. The van der Waals surface area contributed by atoms with E-state index >= 15 is 0 Å². The maximum Gasteiger partial charge on any atom is 0.325 e. The van der Waals surface area contributed by atoms with E-state index in [2.05, 4.69) is 0 Å². The molecule has 2 N–H and O–H groups in total. The van der Waals surface area contributed by atoms with Gasteiger partial charge in [0.25, 0.3) is 0 Å². The monoisotopic (exact) mass is 293 g/mol. The largest absolute Gasteiger partial charge is 0.465 e. The Hall–Kier alpha value is -1.92. The van der Waals surface area contributed by atoms with E-state index in [1.807, 2.05) is 0 Å². The van der Waals surface area contributed by atoms with Gasteiger partial charge < -0.3 is 19.9 Å². The Balaban J connectivity index is 2.50. The summed E-state index contributed by atoms with van der Waals surface area (Å²) in [5, 5.41) is 0. The number of hydrogen-bond donors (Lipinski definition) is 1. The molecule has 6 nitrogen and oxygen atoms in total. The Kier molecular flexibility index (Phi) is 4.59. The van der Waals surface area contributed by atoms with E-state index in [9.17, 15) is 9.59 Å². The third-order valence-corrected chi connectivity index (χ3v) is 3.55. The standard InChI is InChI=1S/C15H19NO5/c1-3-19-14(18)15(2,13(16)17)11-7-5-4-6-10(11)12-20-8-9-21-12/h4-7,12H,3,8-9H2,1-2H3,(H2,16,17). The van der Waals surface area contributed by atoms with E-state index in [1.165, 1.54) is 6.92 Å². The lowest BCUT2D eigenvalue weighted by molar-refractivity contribution is -0.153. The highest BCUT2D eigenvalue weighted by molar-refractivity contribution is 6.07. The number of ether oxygens (including phenoxy) is 3. The van der Waals surface area contributed by atoms with Gasteiger partial charge in [-0.2, -0.15) is 0 Å². The van der Waals surface area contributed by atoms with E-state index in [4.69, 9.17) is 19.9 Å². The van der Waals surface area contributed by atoms with E-state index < -0.39 is 23.6 Å². The van der Waals surface area contributed by atoms with Crippen LogP contribution in [-0.2, 0) is 29.2 Å². The maximum absolute atomic E-state index is 12.3. The van der Waals surface area contributed by atoms with E-state index in [0.29, 0.717) is 24.3 Å². The van der Waals surface area contributed by atoms with Crippen LogP contribution in [0.3, 0.4) is 0 Å². The Labute approximate surface area is 123 Å². The summed E-state index contributed by atoms with van der Waals surface area (Å²) in [6.45, 7) is 4.23. The van der Waals surface area contributed by atoms with Crippen molar-refractivity contribution in [3.63, 3.8) is 0 Å². The van der Waals surface area contributed by atoms with E-state index in [1.54, 1.807) is 31.2 Å². The minimum atomic E-state index is -1.58. The number of carbonyl (C=O) groups is 2. The van der Waals surface area contributed by atoms with Gasteiger partial charge in [-0.15, -0.1) is 0 Å². The zero-order valence-corrected chi connectivity index (χ0v) is 12.1. The molecule has 0 aliphatic carbocycles. The van der Waals surface area contributed by atoms with Crippen molar-refractivity contribution in [1.29, 1.82) is 0 Å². The first-order chi connectivity index (χ1) is 10.0. The molecule has 2 rings (SSSR count). The molecule has 0 saturated carbocycles. The number of amides is 1. The number of rotatable bonds is 5. The quantitative estimate of drug-likeness (QED) is 0.647. The Morgan fingerprint density at radius 2 is 1.95 bits per heavy atom. The molecule has 114 valence electrons. The SMILES string of the molecule is CCOC(=O)C(C)(C(N)=O)c1ccccc1C1OCCO1. The van der Waals surface area contributed by atoms with Crippen LogP contribution in [0.25, 0.3) is 0 Å².